The van der Waals surface area contributed by atoms with Gasteiger partial charge in [0.1, 0.15) is 0 Å². The second kappa shape index (κ2) is 3.50. The van der Waals surface area contributed by atoms with Gasteiger partial charge in [0.15, 0.2) is 0 Å². The normalized spacial score (nSPS) is 24.7. The second-order valence-electron chi connectivity index (χ2n) is 4.02. The quantitative estimate of drug-likeness (QED) is 0.620. The highest BCUT2D eigenvalue weighted by Gasteiger charge is 2.36. The molecule has 0 spiro atoms. The molecule has 0 unspecified atom stereocenters. The van der Waals surface area contributed by atoms with Crippen LogP contribution in [0.15, 0.2) is 0 Å². The van der Waals surface area contributed by atoms with E-state index in [1.807, 2.05) is 0 Å². The first-order chi connectivity index (χ1) is 5.81. The van der Waals surface area contributed by atoms with Crippen molar-refractivity contribution in [3.05, 3.63) is 0 Å². The summed E-state index contributed by atoms with van der Waals surface area (Å²) in [6, 6.07) is 0. The van der Waals surface area contributed by atoms with Crippen LogP contribution < -0.4 is 0 Å². The SMILES string of the molecule is CC1(C)COCCN1C[B-](F)(F)F. The number of halogens is 3. The molecule has 0 N–H and O–H groups in total. The zero-order valence-electron chi connectivity index (χ0n) is 7.90. The van der Waals surface area contributed by atoms with Crippen molar-refractivity contribution in [1.82, 2.24) is 4.90 Å². The topological polar surface area (TPSA) is 12.5 Å². The van der Waals surface area contributed by atoms with Gasteiger partial charge < -0.3 is 22.6 Å². The van der Waals surface area contributed by atoms with Crippen molar-refractivity contribution in [3.63, 3.8) is 0 Å². The minimum absolute atomic E-state index is 0.369. The molecule has 0 saturated carbocycles. The zero-order chi connectivity index (χ0) is 10.1. The van der Waals surface area contributed by atoms with E-state index in [1.54, 1.807) is 13.8 Å². The fraction of sp³-hybridized carbons (Fsp3) is 1.00. The Morgan fingerprint density at radius 3 is 2.46 bits per heavy atom. The van der Waals surface area contributed by atoms with Gasteiger partial charge >= 0.3 is 6.98 Å². The van der Waals surface area contributed by atoms with Gasteiger partial charge in [-0.15, -0.1) is 0 Å². The van der Waals surface area contributed by atoms with Gasteiger partial charge in [0, 0.05) is 12.1 Å². The fourth-order valence-electron chi connectivity index (χ4n) is 1.48. The average molecular weight is 196 g/mol. The molecule has 1 fully saturated rings. The third-order valence-electron chi connectivity index (χ3n) is 2.24. The number of morpholine rings is 1. The number of nitrogens with zero attached hydrogens (tertiary/aromatic N) is 1. The van der Waals surface area contributed by atoms with Crippen LogP contribution in [0.3, 0.4) is 0 Å². The Hall–Kier alpha value is -0.225. The van der Waals surface area contributed by atoms with Gasteiger partial charge in [-0.05, 0) is 20.3 Å². The highest BCUT2D eigenvalue weighted by atomic mass is 19.4. The molecule has 0 bridgehead atoms. The lowest BCUT2D eigenvalue weighted by atomic mass is 9.87. The monoisotopic (exact) mass is 196 g/mol. The Bertz CT molecular complexity index is 183. The van der Waals surface area contributed by atoms with Crippen molar-refractivity contribution in [1.29, 1.82) is 0 Å². The molecule has 13 heavy (non-hydrogen) atoms. The summed E-state index contributed by atoms with van der Waals surface area (Å²) in [5.74, 6) is 0. The molecule has 1 aliphatic rings. The summed E-state index contributed by atoms with van der Waals surface area (Å²) in [6.07, 6.45) is -0.781. The highest BCUT2D eigenvalue weighted by Crippen LogP contribution is 2.22. The lowest BCUT2D eigenvalue weighted by Gasteiger charge is -2.44. The van der Waals surface area contributed by atoms with E-state index in [2.05, 4.69) is 0 Å². The first-order valence-electron chi connectivity index (χ1n) is 4.35. The third kappa shape index (κ3) is 3.19. The van der Waals surface area contributed by atoms with E-state index in [0.29, 0.717) is 19.8 Å². The van der Waals surface area contributed by atoms with Crippen LogP contribution in [-0.4, -0.2) is 43.6 Å². The maximum atomic E-state index is 12.2. The van der Waals surface area contributed by atoms with Crippen LogP contribution >= 0.6 is 0 Å². The summed E-state index contributed by atoms with van der Waals surface area (Å²) in [6.45, 7) is -0.0369. The Labute approximate surface area is 76.1 Å². The van der Waals surface area contributed by atoms with Gasteiger partial charge in [0.05, 0.1) is 13.2 Å². The Morgan fingerprint density at radius 2 is 2.00 bits per heavy atom. The molecule has 1 aliphatic heterocycles. The summed E-state index contributed by atoms with van der Waals surface area (Å²) < 4.78 is 41.6. The van der Waals surface area contributed by atoms with E-state index in [-0.39, 0.29) is 0 Å². The molecule has 0 aromatic heterocycles. The molecule has 1 saturated heterocycles. The Kier molecular flexibility index (Phi) is 2.92. The Morgan fingerprint density at radius 1 is 1.38 bits per heavy atom. The van der Waals surface area contributed by atoms with Crippen LogP contribution in [0.2, 0.25) is 0 Å². The molecule has 0 amide bonds. The summed E-state index contributed by atoms with van der Waals surface area (Å²) in [5.41, 5.74) is -0.491. The predicted molar refractivity (Wildman–Crippen MR) is 45.5 cm³/mol. The van der Waals surface area contributed by atoms with Gasteiger partial charge in [-0.25, -0.2) is 0 Å². The second-order valence-corrected chi connectivity index (χ2v) is 4.02. The van der Waals surface area contributed by atoms with Gasteiger partial charge in [-0.3, -0.25) is 0 Å². The van der Waals surface area contributed by atoms with E-state index in [1.165, 1.54) is 4.90 Å². The van der Waals surface area contributed by atoms with Crippen LogP contribution in [0.25, 0.3) is 0 Å². The lowest BCUT2D eigenvalue weighted by Crippen LogP contribution is -2.56. The van der Waals surface area contributed by atoms with Crippen LogP contribution in [0.5, 0.6) is 0 Å². The summed E-state index contributed by atoms with van der Waals surface area (Å²) in [4.78, 5) is 1.44. The molecule has 0 aromatic carbocycles. The van der Waals surface area contributed by atoms with E-state index in [9.17, 15) is 12.9 Å². The molecule has 6 heteroatoms. The van der Waals surface area contributed by atoms with E-state index in [4.69, 9.17) is 4.74 Å². The van der Waals surface area contributed by atoms with Crippen LogP contribution in [0.4, 0.5) is 12.9 Å². The zero-order valence-corrected chi connectivity index (χ0v) is 7.90. The molecular weight excluding hydrogens is 182 g/mol. The standard InChI is InChI=1S/C7H14BF3NO/c1-7(2)5-13-4-3-12(7)6-8(9,10)11/h3-6H2,1-2H3/q-1. The molecular formula is C7H14BF3NO-. The molecule has 2 nitrogen and oxygen atoms in total. The summed E-state index contributed by atoms with van der Waals surface area (Å²) in [5, 5.41) is 0. The van der Waals surface area contributed by atoms with Crippen molar-refractivity contribution in [2.24, 2.45) is 0 Å². The lowest BCUT2D eigenvalue weighted by molar-refractivity contribution is -0.0456. The average Bonchev–Trinajstić information content (AvgIpc) is 1.91. The number of rotatable bonds is 2. The summed E-state index contributed by atoms with van der Waals surface area (Å²) >= 11 is 0. The van der Waals surface area contributed by atoms with E-state index >= 15 is 0 Å². The van der Waals surface area contributed by atoms with Gasteiger partial charge in [-0.1, -0.05) is 0 Å². The maximum absolute atomic E-state index is 12.2. The molecule has 0 aliphatic carbocycles. The molecule has 0 aromatic rings. The largest absolute Gasteiger partial charge is 0.492 e. The van der Waals surface area contributed by atoms with E-state index in [0.717, 1.165) is 0 Å². The van der Waals surface area contributed by atoms with Crippen molar-refractivity contribution in [2.45, 2.75) is 19.4 Å². The minimum Gasteiger partial charge on any atom is -0.448 e. The highest BCUT2D eigenvalue weighted by molar-refractivity contribution is 6.58. The number of hydrogen-bond donors (Lipinski definition) is 0. The van der Waals surface area contributed by atoms with Crippen LogP contribution in [-0.2, 0) is 4.74 Å². The van der Waals surface area contributed by atoms with Gasteiger partial charge in [0.2, 0.25) is 0 Å². The predicted octanol–water partition coefficient (Wildman–Crippen LogP) is 1.48. The molecule has 0 atom stereocenters. The Balaban J connectivity index is 2.56. The molecule has 0 radical (unpaired) electrons. The first-order valence-corrected chi connectivity index (χ1v) is 4.35. The smallest absolute Gasteiger partial charge is 0.448 e. The third-order valence-corrected chi connectivity index (χ3v) is 2.24. The summed E-state index contributed by atoms with van der Waals surface area (Å²) in [7, 11) is 0. The van der Waals surface area contributed by atoms with Crippen molar-refractivity contribution in [2.75, 3.05) is 26.2 Å². The van der Waals surface area contributed by atoms with Crippen LogP contribution in [0, 0.1) is 0 Å². The van der Waals surface area contributed by atoms with Crippen molar-refractivity contribution >= 4 is 6.98 Å². The van der Waals surface area contributed by atoms with Gasteiger partial charge in [-0.2, -0.15) is 0 Å². The molecule has 1 rings (SSSR count). The number of hydrogen-bond acceptors (Lipinski definition) is 2. The minimum atomic E-state index is -4.72. The maximum Gasteiger partial charge on any atom is 0.492 e. The fourth-order valence-corrected chi connectivity index (χ4v) is 1.48. The van der Waals surface area contributed by atoms with Gasteiger partial charge in [0.25, 0.3) is 0 Å². The van der Waals surface area contributed by atoms with Crippen molar-refractivity contribution < 1.29 is 17.7 Å². The molecule has 78 valence electrons. The van der Waals surface area contributed by atoms with Crippen molar-refractivity contribution in [3.8, 4) is 0 Å². The van der Waals surface area contributed by atoms with Crippen LogP contribution in [0.1, 0.15) is 13.8 Å². The number of ether oxygens (including phenoxy) is 1. The first kappa shape index (κ1) is 10.9. The van der Waals surface area contributed by atoms with E-state index < -0.39 is 19.0 Å². The molecule has 1 heterocycles.